The molecule has 3 amide bonds. The van der Waals surface area contributed by atoms with Crippen LogP contribution in [0.15, 0.2) is 74.3 Å². The van der Waals surface area contributed by atoms with Gasteiger partial charge in [-0.15, -0.1) is 11.8 Å². The average molecular weight is 658 g/mol. The molecule has 2 aliphatic heterocycles. The number of aromatic nitrogens is 3. The number of sulfonamides is 1. The Morgan fingerprint density at radius 1 is 1.09 bits per heavy atom. The molecule has 5 rings (SSSR count). The molecule has 0 saturated carbocycles. The Kier molecular flexibility index (Phi) is 8.08. The summed E-state index contributed by atoms with van der Waals surface area (Å²) in [6.07, 6.45) is 0. The first-order valence-corrected chi connectivity index (χ1v) is 15.4. The third kappa shape index (κ3) is 5.95. The highest BCUT2D eigenvalue weighted by Crippen LogP contribution is 2.40. The van der Waals surface area contributed by atoms with Gasteiger partial charge in [0.05, 0.1) is 10.6 Å². The fourth-order valence-electron chi connectivity index (χ4n) is 4.68. The van der Waals surface area contributed by atoms with Crippen molar-refractivity contribution in [3.8, 4) is 11.4 Å². The second kappa shape index (κ2) is 11.7. The Morgan fingerprint density at radius 2 is 1.73 bits per heavy atom. The lowest BCUT2D eigenvalue weighted by Crippen LogP contribution is -2.71. The summed E-state index contributed by atoms with van der Waals surface area (Å²) in [5.41, 5.74) is -2.70. The number of hydrogen-bond acceptors (Lipinski definition) is 11. The molecule has 0 bridgehead atoms. The standard InChI is InChI=1S/C26H23N7O10S2/c1-11-10-44-24-18(23(38)32(24)19(11)25(39)40)29-20(35)16(12-2-6-14(34)7-3-12)28-21(36)17-22(37)30-26(41)33(31-17)13-4-8-15(9-5-13)45(27,42)43/h2-9,16,18,24,34H,10H2,1H3,(H,28,36)(H,29,35)(H,39,40)(H2,27,42,43)(H,30,37,41)/t16-,18-,24-/m1/s1. The van der Waals surface area contributed by atoms with E-state index in [9.17, 15) is 47.4 Å². The Labute approximate surface area is 256 Å². The van der Waals surface area contributed by atoms with Crippen molar-refractivity contribution in [2.24, 2.45) is 5.14 Å². The van der Waals surface area contributed by atoms with Crippen molar-refractivity contribution in [1.29, 1.82) is 0 Å². The minimum atomic E-state index is -4.05. The lowest BCUT2D eigenvalue weighted by Gasteiger charge is -2.49. The summed E-state index contributed by atoms with van der Waals surface area (Å²) in [7, 11) is -4.05. The SMILES string of the molecule is CC1=C(C(=O)O)N2C(=O)[C@@H](NC(=O)[C@H](NC(=O)c3nn(-c4ccc(S(N)(=O)=O)cc4)c(=O)[nH]c3=O)c3ccc(O)cc3)[C@H]2SC1. The number of phenolic OH excluding ortho intramolecular Hbond substituents is 1. The first kappa shape index (κ1) is 31.2. The fourth-order valence-corrected chi connectivity index (χ4v) is 6.49. The molecule has 2 aliphatic rings. The van der Waals surface area contributed by atoms with Crippen LogP contribution in [-0.4, -0.2) is 79.2 Å². The Hall–Kier alpha value is -5.27. The molecule has 3 heterocycles. The van der Waals surface area contributed by atoms with E-state index in [1.165, 1.54) is 36.0 Å². The van der Waals surface area contributed by atoms with Crippen molar-refractivity contribution in [2.75, 3.05) is 5.75 Å². The number of phenols is 1. The third-order valence-electron chi connectivity index (χ3n) is 6.88. The third-order valence-corrected chi connectivity index (χ3v) is 9.23. The number of carboxylic acids is 1. The van der Waals surface area contributed by atoms with Crippen LogP contribution in [0.25, 0.3) is 5.69 Å². The number of primary sulfonamides is 1. The number of amides is 3. The molecule has 0 radical (unpaired) electrons. The van der Waals surface area contributed by atoms with Gasteiger partial charge in [0.25, 0.3) is 17.4 Å². The molecule has 7 N–H and O–H groups in total. The van der Waals surface area contributed by atoms with E-state index in [2.05, 4.69) is 15.7 Å². The molecule has 45 heavy (non-hydrogen) atoms. The Morgan fingerprint density at radius 3 is 2.33 bits per heavy atom. The highest BCUT2D eigenvalue weighted by atomic mass is 32.2. The van der Waals surface area contributed by atoms with Crippen molar-refractivity contribution in [3.05, 3.63) is 91.9 Å². The van der Waals surface area contributed by atoms with E-state index in [1.807, 2.05) is 4.98 Å². The van der Waals surface area contributed by atoms with E-state index in [0.29, 0.717) is 16.0 Å². The van der Waals surface area contributed by atoms with Gasteiger partial charge in [-0.1, -0.05) is 12.1 Å². The van der Waals surface area contributed by atoms with E-state index in [0.717, 1.165) is 29.2 Å². The summed E-state index contributed by atoms with van der Waals surface area (Å²) in [4.78, 5) is 79.3. The van der Waals surface area contributed by atoms with Crippen LogP contribution >= 0.6 is 11.8 Å². The lowest BCUT2D eigenvalue weighted by atomic mass is 10.0. The van der Waals surface area contributed by atoms with Gasteiger partial charge in [0.2, 0.25) is 21.6 Å². The number of aliphatic carboxylic acids is 1. The van der Waals surface area contributed by atoms with Crippen LogP contribution < -0.4 is 27.0 Å². The predicted octanol–water partition coefficient (Wildman–Crippen LogP) is -1.50. The molecule has 2 aromatic carbocycles. The number of benzene rings is 2. The van der Waals surface area contributed by atoms with Crippen LogP contribution in [0.5, 0.6) is 5.75 Å². The van der Waals surface area contributed by atoms with Gasteiger partial charge in [-0.05, 0) is 54.5 Å². The van der Waals surface area contributed by atoms with E-state index in [1.54, 1.807) is 6.92 Å². The molecule has 17 nitrogen and oxygen atoms in total. The van der Waals surface area contributed by atoms with Crippen molar-refractivity contribution in [2.45, 2.75) is 29.3 Å². The maximum atomic E-state index is 13.5. The molecular formula is C26H23N7O10S2. The van der Waals surface area contributed by atoms with Crippen LogP contribution in [0.3, 0.4) is 0 Å². The number of thioether (sulfide) groups is 1. The average Bonchev–Trinajstić information content (AvgIpc) is 2.98. The van der Waals surface area contributed by atoms with Gasteiger partial charge in [-0.3, -0.25) is 29.1 Å². The Balaban J connectivity index is 1.43. The maximum absolute atomic E-state index is 13.5. The highest BCUT2D eigenvalue weighted by Gasteiger charge is 2.54. The second-order valence-corrected chi connectivity index (χ2v) is 12.6. The van der Waals surface area contributed by atoms with Crippen molar-refractivity contribution >= 4 is 45.5 Å². The Bertz CT molecular complexity index is 2000. The number of carbonyl (C=O) groups excluding carboxylic acids is 3. The molecule has 234 valence electrons. The normalized spacial score (nSPS) is 18.4. The molecule has 3 aromatic rings. The van der Waals surface area contributed by atoms with Crippen molar-refractivity contribution < 1.29 is 37.8 Å². The van der Waals surface area contributed by atoms with Crippen LogP contribution in [-0.2, 0) is 24.4 Å². The number of nitrogens with two attached hydrogens (primary N) is 1. The molecule has 1 fully saturated rings. The summed E-state index contributed by atoms with van der Waals surface area (Å²) < 4.78 is 23.7. The van der Waals surface area contributed by atoms with Crippen molar-refractivity contribution in [3.63, 3.8) is 0 Å². The molecule has 0 spiro atoms. The first-order valence-electron chi connectivity index (χ1n) is 12.8. The summed E-state index contributed by atoms with van der Waals surface area (Å²) in [6.45, 7) is 1.58. The van der Waals surface area contributed by atoms with Gasteiger partial charge in [0.1, 0.15) is 28.9 Å². The summed E-state index contributed by atoms with van der Waals surface area (Å²) in [6, 6.07) is 6.89. The van der Waals surface area contributed by atoms with Gasteiger partial charge in [-0.2, -0.15) is 9.78 Å². The minimum absolute atomic E-state index is 0.0337. The number of aromatic amines is 1. The van der Waals surface area contributed by atoms with Crippen LogP contribution in [0.4, 0.5) is 0 Å². The number of carboxylic acid groups (broad SMARTS) is 1. The van der Waals surface area contributed by atoms with Gasteiger partial charge in [-0.25, -0.2) is 23.1 Å². The number of nitrogens with zero attached hydrogens (tertiary/aromatic N) is 3. The summed E-state index contributed by atoms with van der Waals surface area (Å²) in [5.74, 6) is -3.93. The highest BCUT2D eigenvalue weighted by molar-refractivity contribution is 8.00. The monoisotopic (exact) mass is 657 g/mol. The number of fused-ring (bicyclic) bond motifs is 1. The van der Waals surface area contributed by atoms with Gasteiger partial charge in [0, 0.05) is 5.75 Å². The molecule has 1 aromatic heterocycles. The number of carbonyl (C=O) groups is 4. The van der Waals surface area contributed by atoms with Gasteiger partial charge in [0.15, 0.2) is 0 Å². The molecule has 0 aliphatic carbocycles. The number of nitrogens with one attached hydrogen (secondary N) is 3. The van der Waals surface area contributed by atoms with Gasteiger partial charge >= 0.3 is 11.7 Å². The molecule has 19 heteroatoms. The zero-order valence-electron chi connectivity index (χ0n) is 23.0. The minimum Gasteiger partial charge on any atom is -0.508 e. The first-order chi connectivity index (χ1) is 21.2. The van der Waals surface area contributed by atoms with E-state index < -0.39 is 68.1 Å². The van der Waals surface area contributed by atoms with E-state index in [-0.39, 0.29) is 27.6 Å². The zero-order valence-corrected chi connectivity index (χ0v) is 24.6. The largest absolute Gasteiger partial charge is 0.508 e. The van der Waals surface area contributed by atoms with E-state index >= 15 is 0 Å². The molecule has 1 saturated heterocycles. The number of aromatic hydroxyl groups is 1. The van der Waals surface area contributed by atoms with Crippen LogP contribution in [0.2, 0.25) is 0 Å². The number of hydrogen-bond donors (Lipinski definition) is 6. The number of H-pyrrole nitrogens is 1. The molecular weight excluding hydrogens is 634 g/mol. The van der Waals surface area contributed by atoms with Gasteiger partial charge < -0.3 is 20.8 Å². The fraction of sp³-hybridized carbons (Fsp3) is 0.192. The van der Waals surface area contributed by atoms with Crippen LogP contribution in [0, 0.1) is 0 Å². The molecule has 3 atom stereocenters. The molecule has 0 unspecified atom stereocenters. The smallest absolute Gasteiger partial charge is 0.352 e. The number of β-lactam (4-membered cyclic amide) rings is 1. The zero-order chi connectivity index (χ0) is 32.8. The van der Waals surface area contributed by atoms with Crippen LogP contribution in [0.1, 0.15) is 29.0 Å². The lowest BCUT2D eigenvalue weighted by molar-refractivity contribution is -0.151. The summed E-state index contributed by atoms with van der Waals surface area (Å²) in [5, 5.41) is 32.3. The van der Waals surface area contributed by atoms with Crippen molar-refractivity contribution in [1.82, 2.24) is 30.3 Å². The predicted molar refractivity (Wildman–Crippen MR) is 156 cm³/mol. The maximum Gasteiger partial charge on any atom is 0.352 e. The number of rotatable bonds is 8. The van der Waals surface area contributed by atoms with E-state index in [4.69, 9.17) is 5.14 Å². The quantitative estimate of drug-likeness (QED) is 0.151. The topological polar surface area (TPSA) is 264 Å². The summed E-state index contributed by atoms with van der Waals surface area (Å²) >= 11 is 1.24. The second-order valence-electron chi connectivity index (χ2n) is 9.89.